The van der Waals surface area contributed by atoms with Gasteiger partial charge in [-0.15, -0.1) is 0 Å². The van der Waals surface area contributed by atoms with Crippen LogP contribution in [0.15, 0.2) is 40.9 Å². The number of likely N-dealkylation sites (N-methyl/N-ethyl adjacent to an activating group) is 1. The van der Waals surface area contributed by atoms with Crippen molar-refractivity contribution in [2.75, 3.05) is 6.54 Å². The zero-order valence-electron chi connectivity index (χ0n) is 11.5. The maximum atomic E-state index is 13.3. The normalized spacial score (nSPS) is 12.4. The molecule has 5 heteroatoms. The Kier molecular flexibility index (Phi) is 6.47. The number of nitrogens with one attached hydrogen (secondary N) is 1. The van der Waals surface area contributed by atoms with Crippen molar-refractivity contribution in [1.82, 2.24) is 5.32 Å². The molecule has 1 unspecified atom stereocenters. The van der Waals surface area contributed by atoms with E-state index < -0.39 is 0 Å². The van der Waals surface area contributed by atoms with Crippen LogP contribution in [0.4, 0.5) is 4.39 Å². The second-order valence-corrected chi connectivity index (χ2v) is 7.21. The van der Waals surface area contributed by atoms with Gasteiger partial charge in [-0.1, -0.05) is 40.5 Å². The fraction of sp³-hybridized carbons (Fsp3) is 0.250. The van der Waals surface area contributed by atoms with Gasteiger partial charge in [0.15, 0.2) is 0 Å². The average Bonchev–Trinajstić information content (AvgIpc) is 2.45. The van der Waals surface area contributed by atoms with E-state index in [9.17, 15) is 4.39 Å². The van der Waals surface area contributed by atoms with E-state index in [1.165, 1.54) is 15.2 Å². The fourth-order valence-electron chi connectivity index (χ4n) is 2.22. The van der Waals surface area contributed by atoms with Crippen LogP contribution in [0.2, 0.25) is 5.02 Å². The Morgan fingerprint density at radius 2 is 2.05 bits per heavy atom. The van der Waals surface area contributed by atoms with Crippen LogP contribution in [0.3, 0.4) is 0 Å². The predicted molar refractivity (Wildman–Crippen MR) is 98.4 cm³/mol. The Morgan fingerprint density at radius 3 is 2.71 bits per heavy atom. The van der Waals surface area contributed by atoms with E-state index in [1.54, 1.807) is 12.1 Å². The Labute approximate surface area is 151 Å². The summed E-state index contributed by atoms with van der Waals surface area (Å²) in [6.07, 6.45) is 0.764. The first-order valence-electron chi connectivity index (χ1n) is 6.63. The third-order valence-electron chi connectivity index (χ3n) is 3.21. The van der Waals surface area contributed by atoms with E-state index in [0.717, 1.165) is 23.0 Å². The van der Waals surface area contributed by atoms with E-state index in [2.05, 4.69) is 62.9 Å². The molecule has 2 aromatic carbocycles. The van der Waals surface area contributed by atoms with Crippen molar-refractivity contribution in [3.05, 3.63) is 66.4 Å². The molecule has 1 nitrogen and oxygen atoms in total. The molecule has 0 fully saturated rings. The molecule has 1 N–H and O–H groups in total. The number of halogens is 4. The molecule has 2 rings (SSSR count). The number of hydrogen-bond donors (Lipinski definition) is 1. The lowest BCUT2D eigenvalue weighted by Gasteiger charge is -2.20. The Balaban J connectivity index is 2.30. The summed E-state index contributed by atoms with van der Waals surface area (Å²) in [5.41, 5.74) is 2.25. The summed E-state index contributed by atoms with van der Waals surface area (Å²) < 4.78 is 15.5. The Bertz CT molecular complexity index is 636. The number of hydrogen-bond acceptors (Lipinski definition) is 1. The van der Waals surface area contributed by atoms with E-state index in [1.807, 2.05) is 6.07 Å². The summed E-state index contributed by atoms with van der Waals surface area (Å²) in [5, 5.41) is 3.66. The second kappa shape index (κ2) is 7.90. The molecule has 0 saturated heterocycles. The lowest BCUT2D eigenvalue weighted by molar-refractivity contribution is 0.546. The van der Waals surface area contributed by atoms with Gasteiger partial charge < -0.3 is 5.32 Å². The van der Waals surface area contributed by atoms with Crippen molar-refractivity contribution in [2.45, 2.75) is 19.4 Å². The molecular weight excluding hydrogens is 467 g/mol. The van der Waals surface area contributed by atoms with Crippen molar-refractivity contribution < 1.29 is 4.39 Å². The highest BCUT2D eigenvalue weighted by molar-refractivity contribution is 14.1. The smallest absolute Gasteiger partial charge is 0.141 e. The van der Waals surface area contributed by atoms with Crippen LogP contribution < -0.4 is 5.32 Å². The van der Waals surface area contributed by atoms with E-state index >= 15 is 0 Å². The highest BCUT2D eigenvalue weighted by Gasteiger charge is 2.15. The molecule has 0 spiro atoms. The Hall–Kier alpha value is -0.170. The molecule has 0 aromatic heterocycles. The first-order chi connectivity index (χ1) is 10.0. The molecule has 0 aliphatic carbocycles. The SMILES string of the molecule is CCNC(Cc1ccc(F)c(Cl)c1)c1cc(Br)ccc1I. The topological polar surface area (TPSA) is 12.0 Å². The summed E-state index contributed by atoms with van der Waals surface area (Å²) in [6.45, 7) is 2.94. The summed E-state index contributed by atoms with van der Waals surface area (Å²) in [4.78, 5) is 0. The van der Waals surface area contributed by atoms with Gasteiger partial charge in [-0.2, -0.15) is 0 Å². The molecular formula is C16H15BrClFIN. The first-order valence-corrected chi connectivity index (χ1v) is 8.88. The highest BCUT2D eigenvalue weighted by Crippen LogP contribution is 2.28. The van der Waals surface area contributed by atoms with Gasteiger partial charge in [-0.05, 0) is 77.0 Å². The van der Waals surface area contributed by atoms with Gasteiger partial charge in [0.1, 0.15) is 5.82 Å². The quantitative estimate of drug-likeness (QED) is 0.536. The Morgan fingerprint density at radius 1 is 1.29 bits per heavy atom. The van der Waals surface area contributed by atoms with Crippen molar-refractivity contribution in [1.29, 1.82) is 0 Å². The molecule has 0 aliphatic rings. The summed E-state index contributed by atoms with van der Waals surface area (Å²) >= 11 is 11.7. The van der Waals surface area contributed by atoms with Gasteiger partial charge in [0.05, 0.1) is 5.02 Å². The van der Waals surface area contributed by atoms with Crippen molar-refractivity contribution >= 4 is 50.1 Å². The maximum Gasteiger partial charge on any atom is 0.141 e. The monoisotopic (exact) mass is 481 g/mol. The third kappa shape index (κ3) is 4.65. The predicted octanol–water partition coefficient (Wildman–Crippen LogP) is 5.74. The standard InChI is InChI=1S/C16H15BrClFIN/c1-2-21-16(12-9-11(17)4-6-15(12)20)8-10-3-5-14(19)13(18)7-10/h3-7,9,16,21H,2,8H2,1H3. The average molecular weight is 483 g/mol. The minimum atomic E-state index is -0.377. The molecule has 0 radical (unpaired) electrons. The third-order valence-corrected chi connectivity index (χ3v) is 4.97. The lowest BCUT2D eigenvalue weighted by atomic mass is 9.99. The zero-order valence-corrected chi connectivity index (χ0v) is 16.0. The summed E-state index contributed by atoms with van der Waals surface area (Å²) in [5.74, 6) is -0.377. The van der Waals surface area contributed by atoms with Gasteiger partial charge in [0.2, 0.25) is 0 Å². The molecule has 0 bridgehead atoms. The molecule has 0 aliphatic heterocycles. The minimum absolute atomic E-state index is 0.168. The zero-order chi connectivity index (χ0) is 15.4. The van der Waals surface area contributed by atoms with Crippen molar-refractivity contribution in [3.8, 4) is 0 Å². The van der Waals surface area contributed by atoms with E-state index in [4.69, 9.17) is 11.6 Å². The van der Waals surface area contributed by atoms with E-state index in [-0.39, 0.29) is 16.9 Å². The maximum absolute atomic E-state index is 13.3. The highest BCUT2D eigenvalue weighted by atomic mass is 127. The molecule has 1 atom stereocenters. The second-order valence-electron chi connectivity index (χ2n) is 4.73. The van der Waals surface area contributed by atoms with Gasteiger partial charge in [0, 0.05) is 14.1 Å². The van der Waals surface area contributed by atoms with Crippen LogP contribution in [0.5, 0.6) is 0 Å². The van der Waals surface area contributed by atoms with Crippen LogP contribution >= 0.6 is 50.1 Å². The summed E-state index contributed by atoms with van der Waals surface area (Å²) in [6, 6.07) is 11.3. The number of rotatable bonds is 5. The van der Waals surface area contributed by atoms with Crippen LogP contribution in [0, 0.1) is 9.39 Å². The first kappa shape index (κ1) is 17.2. The van der Waals surface area contributed by atoms with Crippen molar-refractivity contribution in [2.24, 2.45) is 0 Å². The molecule has 112 valence electrons. The van der Waals surface area contributed by atoms with Crippen LogP contribution in [-0.4, -0.2) is 6.54 Å². The summed E-state index contributed by atoms with van der Waals surface area (Å²) in [7, 11) is 0. The van der Waals surface area contributed by atoms with Crippen molar-refractivity contribution in [3.63, 3.8) is 0 Å². The van der Waals surface area contributed by atoms with Gasteiger partial charge >= 0.3 is 0 Å². The van der Waals surface area contributed by atoms with Gasteiger partial charge in [-0.25, -0.2) is 4.39 Å². The largest absolute Gasteiger partial charge is 0.310 e. The van der Waals surface area contributed by atoms with Gasteiger partial charge in [-0.3, -0.25) is 0 Å². The van der Waals surface area contributed by atoms with Crippen LogP contribution in [0.1, 0.15) is 24.1 Å². The molecule has 0 heterocycles. The molecule has 0 saturated carbocycles. The lowest BCUT2D eigenvalue weighted by Crippen LogP contribution is -2.23. The number of benzene rings is 2. The van der Waals surface area contributed by atoms with Gasteiger partial charge in [0.25, 0.3) is 0 Å². The van der Waals surface area contributed by atoms with E-state index in [0.29, 0.717) is 0 Å². The minimum Gasteiger partial charge on any atom is -0.310 e. The van der Waals surface area contributed by atoms with Crippen LogP contribution in [-0.2, 0) is 6.42 Å². The molecule has 21 heavy (non-hydrogen) atoms. The fourth-order valence-corrected chi connectivity index (χ4v) is 3.52. The van der Waals surface area contributed by atoms with Crippen LogP contribution in [0.25, 0.3) is 0 Å². The molecule has 2 aromatic rings. The molecule has 0 amide bonds.